The van der Waals surface area contributed by atoms with Gasteiger partial charge in [0.1, 0.15) is 0 Å². The van der Waals surface area contributed by atoms with Crippen molar-refractivity contribution in [1.82, 2.24) is 0 Å². The van der Waals surface area contributed by atoms with Crippen LogP contribution < -0.4 is 4.74 Å². The molecule has 0 bridgehead atoms. The van der Waals surface area contributed by atoms with Crippen molar-refractivity contribution in [1.29, 1.82) is 0 Å². The third-order valence-corrected chi connectivity index (χ3v) is 5.70. The Kier molecular flexibility index (Phi) is 5.09. The molecular weight excluding hydrogens is 304 g/mol. The summed E-state index contributed by atoms with van der Waals surface area (Å²) < 4.78 is 30.6. The molecule has 1 aromatic carbocycles. The predicted molar refractivity (Wildman–Crippen MR) is 73.9 cm³/mol. The SMILES string of the molecule is CCC(CC)(c1cc(F)c([N+](=O)[O-])c(OC)c1)P(=O)(O)O. The highest BCUT2D eigenvalue weighted by atomic mass is 31.2. The van der Waals surface area contributed by atoms with Gasteiger partial charge in [0.25, 0.3) is 0 Å². The Hall–Kier alpha value is -1.50. The lowest BCUT2D eigenvalue weighted by atomic mass is 9.92. The number of hydrogen-bond acceptors (Lipinski definition) is 4. The fourth-order valence-electron chi connectivity index (χ4n) is 2.41. The summed E-state index contributed by atoms with van der Waals surface area (Å²) in [5, 5.41) is 9.23. The third kappa shape index (κ3) is 2.92. The second-order valence-electron chi connectivity index (χ2n) is 4.55. The van der Waals surface area contributed by atoms with Gasteiger partial charge in [-0.3, -0.25) is 14.7 Å². The standard InChI is InChI=1S/C12H17FNO6P/c1-4-12(5-2,21(17,18)19)8-6-9(13)11(14(15)16)10(7-8)20-3/h6-7H,4-5H2,1-3H3,(H2,17,18,19). The van der Waals surface area contributed by atoms with Crippen LogP contribution in [0.25, 0.3) is 0 Å². The lowest BCUT2D eigenvalue weighted by Gasteiger charge is -2.33. The first-order chi connectivity index (χ1) is 9.64. The van der Waals surface area contributed by atoms with E-state index in [0.29, 0.717) is 0 Å². The van der Waals surface area contributed by atoms with Crippen molar-refractivity contribution in [2.75, 3.05) is 7.11 Å². The first kappa shape index (κ1) is 17.6. The average Bonchev–Trinajstić information content (AvgIpc) is 2.37. The van der Waals surface area contributed by atoms with Gasteiger partial charge in [-0.1, -0.05) is 13.8 Å². The van der Waals surface area contributed by atoms with E-state index in [4.69, 9.17) is 4.74 Å². The molecule has 0 aliphatic carbocycles. The van der Waals surface area contributed by atoms with Crippen molar-refractivity contribution in [3.8, 4) is 5.75 Å². The van der Waals surface area contributed by atoms with Gasteiger partial charge in [0.15, 0.2) is 5.75 Å². The van der Waals surface area contributed by atoms with E-state index < -0.39 is 29.2 Å². The van der Waals surface area contributed by atoms with E-state index >= 15 is 0 Å². The highest BCUT2D eigenvalue weighted by Gasteiger charge is 2.46. The number of ether oxygens (including phenoxy) is 1. The Morgan fingerprint density at radius 1 is 1.38 bits per heavy atom. The summed E-state index contributed by atoms with van der Waals surface area (Å²) in [6.07, 6.45) is 0.0996. The second-order valence-corrected chi connectivity index (χ2v) is 6.49. The molecule has 7 nitrogen and oxygen atoms in total. The normalized spacial score (nSPS) is 12.3. The van der Waals surface area contributed by atoms with E-state index in [1.165, 1.54) is 0 Å². The molecule has 1 aromatic rings. The maximum atomic E-state index is 14.0. The van der Waals surface area contributed by atoms with Gasteiger partial charge in [-0.25, -0.2) is 0 Å². The van der Waals surface area contributed by atoms with Crippen LogP contribution in [0.5, 0.6) is 5.75 Å². The first-order valence-corrected chi connectivity index (χ1v) is 7.83. The smallest absolute Gasteiger partial charge is 0.346 e. The number of methoxy groups -OCH3 is 1. The summed E-state index contributed by atoms with van der Waals surface area (Å²) >= 11 is 0. The zero-order valence-corrected chi connectivity index (χ0v) is 12.8. The van der Waals surface area contributed by atoms with Gasteiger partial charge in [-0.2, -0.15) is 4.39 Å². The van der Waals surface area contributed by atoms with Crippen molar-refractivity contribution >= 4 is 13.3 Å². The highest BCUT2D eigenvalue weighted by molar-refractivity contribution is 7.53. The molecule has 118 valence electrons. The van der Waals surface area contributed by atoms with Gasteiger partial charge in [0.05, 0.1) is 17.2 Å². The molecule has 0 spiro atoms. The average molecular weight is 321 g/mol. The maximum absolute atomic E-state index is 14.0. The molecule has 0 radical (unpaired) electrons. The van der Waals surface area contributed by atoms with Crippen molar-refractivity contribution in [2.45, 2.75) is 31.8 Å². The Morgan fingerprint density at radius 3 is 2.24 bits per heavy atom. The number of nitro groups is 1. The monoisotopic (exact) mass is 321 g/mol. The Bertz CT molecular complexity index is 596. The van der Waals surface area contributed by atoms with Gasteiger partial charge >= 0.3 is 13.3 Å². The van der Waals surface area contributed by atoms with E-state index in [2.05, 4.69) is 0 Å². The summed E-state index contributed by atoms with van der Waals surface area (Å²) in [6, 6.07) is 1.92. The second kappa shape index (κ2) is 6.09. The van der Waals surface area contributed by atoms with Crippen LogP contribution in [0.3, 0.4) is 0 Å². The van der Waals surface area contributed by atoms with Crippen molar-refractivity contribution < 1.29 is 28.4 Å². The first-order valence-electron chi connectivity index (χ1n) is 6.22. The summed E-state index contributed by atoms with van der Waals surface area (Å²) in [5.41, 5.74) is -0.867. The molecule has 9 heteroatoms. The largest absolute Gasteiger partial charge is 0.490 e. The van der Waals surface area contributed by atoms with Gasteiger partial charge < -0.3 is 14.5 Å². The molecule has 0 fully saturated rings. The molecule has 2 N–H and O–H groups in total. The summed E-state index contributed by atoms with van der Waals surface area (Å²) in [6.45, 7) is 3.13. The minimum atomic E-state index is -4.61. The van der Waals surface area contributed by atoms with Crippen LogP contribution in [-0.4, -0.2) is 21.8 Å². The molecule has 0 saturated carbocycles. The van der Waals surface area contributed by atoms with Crippen LogP contribution in [0.2, 0.25) is 0 Å². The Morgan fingerprint density at radius 2 is 1.90 bits per heavy atom. The minimum Gasteiger partial charge on any atom is -0.490 e. The van der Waals surface area contributed by atoms with Crippen LogP contribution >= 0.6 is 7.60 Å². The highest BCUT2D eigenvalue weighted by Crippen LogP contribution is 2.61. The Balaban J connectivity index is 3.68. The molecule has 0 atom stereocenters. The predicted octanol–water partition coefficient (Wildman–Crippen LogP) is 2.94. The lowest BCUT2D eigenvalue weighted by Crippen LogP contribution is -2.25. The molecule has 0 aliphatic heterocycles. The van der Waals surface area contributed by atoms with Crippen molar-refractivity contribution in [2.24, 2.45) is 0 Å². The van der Waals surface area contributed by atoms with Crippen molar-refractivity contribution in [3.05, 3.63) is 33.6 Å². The quantitative estimate of drug-likeness (QED) is 0.473. The van der Waals surface area contributed by atoms with Crippen LogP contribution in [-0.2, 0) is 9.72 Å². The molecule has 1 rings (SSSR count). The summed E-state index contributed by atoms with van der Waals surface area (Å²) in [5.74, 6) is -1.55. The third-order valence-electron chi connectivity index (χ3n) is 3.70. The summed E-state index contributed by atoms with van der Waals surface area (Å²) in [7, 11) is -3.48. The van der Waals surface area contributed by atoms with Crippen LogP contribution in [0.15, 0.2) is 12.1 Å². The molecule has 0 aliphatic rings. The molecule has 0 aromatic heterocycles. The number of hydrogen-bond donors (Lipinski definition) is 2. The van der Waals surface area contributed by atoms with Crippen molar-refractivity contribution in [3.63, 3.8) is 0 Å². The number of halogens is 1. The lowest BCUT2D eigenvalue weighted by molar-refractivity contribution is -0.388. The summed E-state index contributed by atoms with van der Waals surface area (Å²) in [4.78, 5) is 29.2. The van der Waals surface area contributed by atoms with Gasteiger partial charge in [-0.05, 0) is 30.5 Å². The number of benzene rings is 1. The topological polar surface area (TPSA) is 110 Å². The van der Waals surface area contributed by atoms with E-state index in [-0.39, 0.29) is 24.2 Å². The molecular formula is C12H17FNO6P. The van der Waals surface area contributed by atoms with E-state index in [1.54, 1.807) is 13.8 Å². The zero-order chi connectivity index (χ0) is 16.4. The van der Waals surface area contributed by atoms with E-state index in [1.807, 2.05) is 0 Å². The van der Waals surface area contributed by atoms with Crippen LogP contribution in [0, 0.1) is 15.9 Å². The molecule has 0 unspecified atom stereocenters. The Labute approximate surface area is 121 Å². The maximum Gasteiger partial charge on any atom is 0.346 e. The number of nitro benzene ring substituents is 1. The number of nitrogens with zero attached hydrogens (tertiary/aromatic N) is 1. The molecule has 21 heavy (non-hydrogen) atoms. The van der Waals surface area contributed by atoms with Crippen LogP contribution in [0.1, 0.15) is 32.3 Å². The zero-order valence-electron chi connectivity index (χ0n) is 11.9. The van der Waals surface area contributed by atoms with Gasteiger partial charge in [0, 0.05) is 0 Å². The minimum absolute atomic E-state index is 0.0132. The van der Waals surface area contributed by atoms with Gasteiger partial charge in [-0.15, -0.1) is 0 Å². The molecule has 0 saturated heterocycles. The molecule has 0 amide bonds. The van der Waals surface area contributed by atoms with Gasteiger partial charge in [0.2, 0.25) is 5.82 Å². The fourth-order valence-corrected chi connectivity index (χ4v) is 3.70. The number of rotatable bonds is 6. The van der Waals surface area contributed by atoms with E-state index in [9.17, 15) is 28.9 Å². The van der Waals surface area contributed by atoms with E-state index in [0.717, 1.165) is 19.2 Å². The molecule has 0 heterocycles. The fraction of sp³-hybridized carbons (Fsp3) is 0.500. The van der Waals surface area contributed by atoms with Crippen LogP contribution in [0.4, 0.5) is 10.1 Å².